The molecule has 2 heteroatoms. The van der Waals surface area contributed by atoms with E-state index in [1.165, 1.54) is 19.3 Å². The van der Waals surface area contributed by atoms with E-state index in [2.05, 4.69) is 0 Å². The lowest BCUT2D eigenvalue weighted by atomic mass is 9.92. The Kier molecular flexibility index (Phi) is 1.63. The lowest BCUT2D eigenvalue weighted by Crippen LogP contribution is -2.19. The van der Waals surface area contributed by atoms with Crippen molar-refractivity contribution >= 4 is 5.97 Å². The minimum Gasteiger partial charge on any atom is -0.481 e. The van der Waals surface area contributed by atoms with Gasteiger partial charge in [-0.1, -0.05) is 6.42 Å². The Hall–Kier alpha value is -0.530. The predicted molar refractivity (Wildman–Crippen MR) is 41.2 cm³/mol. The lowest BCUT2D eigenvalue weighted by molar-refractivity contribution is -0.143. The molecule has 2 unspecified atom stereocenters. The molecule has 2 nitrogen and oxygen atoms in total. The lowest BCUT2D eigenvalue weighted by Gasteiger charge is -2.13. The molecule has 0 aromatic carbocycles. The summed E-state index contributed by atoms with van der Waals surface area (Å²) >= 11 is 0. The van der Waals surface area contributed by atoms with E-state index >= 15 is 0 Å². The molecular weight excluding hydrogens is 140 g/mol. The molecule has 62 valence electrons. The van der Waals surface area contributed by atoms with Crippen molar-refractivity contribution < 1.29 is 9.90 Å². The van der Waals surface area contributed by atoms with Gasteiger partial charge >= 0.3 is 5.97 Å². The van der Waals surface area contributed by atoms with Crippen LogP contribution in [0.25, 0.3) is 0 Å². The normalized spacial score (nSPS) is 37.5. The van der Waals surface area contributed by atoms with Crippen molar-refractivity contribution in [1.29, 1.82) is 0 Å². The van der Waals surface area contributed by atoms with Crippen LogP contribution in [0.5, 0.6) is 0 Å². The van der Waals surface area contributed by atoms with Crippen LogP contribution in [0.3, 0.4) is 0 Å². The fourth-order valence-corrected chi connectivity index (χ4v) is 2.38. The van der Waals surface area contributed by atoms with Crippen molar-refractivity contribution in [3.05, 3.63) is 0 Å². The summed E-state index contributed by atoms with van der Waals surface area (Å²) in [5.74, 6) is 0.757. The number of carbonyl (C=O) groups is 1. The van der Waals surface area contributed by atoms with Gasteiger partial charge in [-0.25, -0.2) is 0 Å². The van der Waals surface area contributed by atoms with E-state index in [0.29, 0.717) is 5.92 Å². The first kappa shape index (κ1) is 7.14. The van der Waals surface area contributed by atoms with E-state index in [9.17, 15) is 4.79 Å². The Balaban J connectivity index is 2.01. The fourth-order valence-electron chi connectivity index (χ4n) is 2.38. The molecule has 0 bridgehead atoms. The molecule has 2 rings (SSSR count). The van der Waals surface area contributed by atoms with Crippen LogP contribution in [0.15, 0.2) is 0 Å². The van der Waals surface area contributed by atoms with Crippen LogP contribution >= 0.6 is 0 Å². The van der Waals surface area contributed by atoms with E-state index < -0.39 is 5.97 Å². The van der Waals surface area contributed by atoms with Crippen molar-refractivity contribution in [2.75, 3.05) is 0 Å². The zero-order valence-electron chi connectivity index (χ0n) is 6.62. The van der Waals surface area contributed by atoms with E-state index in [1.807, 2.05) is 0 Å². The van der Waals surface area contributed by atoms with Gasteiger partial charge in [0.05, 0.1) is 5.92 Å². The van der Waals surface area contributed by atoms with Gasteiger partial charge in [-0.15, -0.1) is 0 Å². The first-order valence-corrected chi connectivity index (χ1v) is 4.52. The minimum atomic E-state index is -0.556. The van der Waals surface area contributed by atoms with Crippen LogP contribution < -0.4 is 0 Å². The molecule has 11 heavy (non-hydrogen) atoms. The van der Waals surface area contributed by atoms with Crippen LogP contribution in [0.1, 0.15) is 32.1 Å². The summed E-state index contributed by atoms with van der Waals surface area (Å²) in [5, 5.41) is 8.86. The van der Waals surface area contributed by atoms with Crippen molar-refractivity contribution in [3.63, 3.8) is 0 Å². The Morgan fingerprint density at radius 2 is 1.91 bits per heavy atom. The summed E-state index contributed by atoms with van der Waals surface area (Å²) in [6, 6.07) is 0. The Morgan fingerprint density at radius 3 is 2.45 bits per heavy atom. The second kappa shape index (κ2) is 2.50. The molecule has 0 heterocycles. The van der Waals surface area contributed by atoms with E-state index in [-0.39, 0.29) is 5.92 Å². The number of carboxylic acid groups (broad SMARTS) is 1. The molecule has 2 atom stereocenters. The van der Waals surface area contributed by atoms with Crippen molar-refractivity contribution in [2.45, 2.75) is 32.1 Å². The third-order valence-electron chi connectivity index (χ3n) is 3.11. The Bertz CT molecular complexity index is 172. The van der Waals surface area contributed by atoms with Crippen LogP contribution in [0.4, 0.5) is 0 Å². The summed E-state index contributed by atoms with van der Waals surface area (Å²) < 4.78 is 0. The molecule has 2 saturated carbocycles. The van der Waals surface area contributed by atoms with Gasteiger partial charge in [-0.2, -0.15) is 0 Å². The fraction of sp³-hybridized carbons (Fsp3) is 0.889. The summed E-state index contributed by atoms with van der Waals surface area (Å²) in [6.45, 7) is 0. The molecule has 2 aliphatic carbocycles. The Labute approximate surface area is 66.6 Å². The average molecular weight is 154 g/mol. The van der Waals surface area contributed by atoms with Crippen LogP contribution in [0, 0.1) is 17.8 Å². The molecule has 1 N–H and O–H groups in total. The van der Waals surface area contributed by atoms with Gasteiger partial charge in [0, 0.05) is 0 Å². The maximum atomic E-state index is 10.7. The molecule has 0 spiro atoms. The van der Waals surface area contributed by atoms with Crippen LogP contribution in [0.2, 0.25) is 0 Å². The molecule has 0 saturated heterocycles. The molecule has 0 aromatic rings. The molecule has 0 amide bonds. The van der Waals surface area contributed by atoms with Gasteiger partial charge in [-0.05, 0) is 37.5 Å². The number of rotatable bonds is 2. The second-order valence-corrected chi connectivity index (χ2v) is 3.88. The maximum absolute atomic E-state index is 10.7. The average Bonchev–Trinajstić information content (AvgIpc) is 2.68. The molecule has 0 aliphatic heterocycles. The van der Waals surface area contributed by atoms with Crippen molar-refractivity contribution in [2.24, 2.45) is 17.8 Å². The predicted octanol–water partition coefficient (Wildman–Crippen LogP) is 1.90. The highest BCUT2D eigenvalue weighted by Gasteiger charge is 2.42. The largest absolute Gasteiger partial charge is 0.481 e. The summed E-state index contributed by atoms with van der Waals surface area (Å²) in [4.78, 5) is 10.7. The number of aliphatic carboxylic acids is 1. The quantitative estimate of drug-likeness (QED) is 0.659. The number of hydrogen-bond donors (Lipinski definition) is 1. The summed E-state index contributed by atoms with van der Waals surface area (Å²) in [5.41, 5.74) is 0. The highest BCUT2D eigenvalue weighted by molar-refractivity contribution is 5.70. The smallest absolute Gasteiger partial charge is 0.306 e. The topological polar surface area (TPSA) is 37.3 Å². The zero-order chi connectivity index (χ0) is 7.84. The monoisotopic (exact) mass is 154 g/mol. The van der Waals surface area contributed by atoms with E-state index in [1.54, 1.807) is 0 Å². The summed E-state index contributed by atoms with van der Waals surface area (Å²) in [6.07, 6.45) is 5.80. The van der Waals surface area contributed by atoms with Crippen molar-refractivity contribution in [1.82, 2.24) is 0 Å². The number of carboxylic acids is 1. The van der Waals surface area contributed by atoms with Gasteiger partial charge in [-0.3, -0.25) is 4.79 Å². The molecule has 0 radical (unpaired) electrons. The van der Waals surface area contributed by atoms with E-state index in [4.69, 9.17) is 5.11 Å². The molecule has 2 aliphatic rings. The van der Waals surface area contributed by atoms with E-state index in [0.717, 1.165) is 18.8 Å². The van der Waals surface area contributed by atoms with Gasteiger partial charge < -0.3 is 5.11 Å². The molecular formula is C9H14O2. The standard InChI is InChI=1S/C9H14O2/c10-9(11)8-3-1-2-7(8)6-4-5-6/h6-8H,1-5H2,(H,10,11). The van der Waals surface area contributed by atoms with Crippen LogP contribution in [-0.4, -0.2) is 11.1 Å². The summed E-state index contributed by atoms with van der Waals surface area (Å²) in [7, 11) is 0. The third kappa shape index (κ3) is 1.26. The third-order valence-corrected chi connectivity index (χ3v) is 3.11. The maximum Gasteiger partial charge on any atom is 0.306 e. The first-order valence-electron chi connectivity index (χ1n) is 4.52. The van der Waals surface area contributed by atoms with Gasteiger partial charge in [0.25, 0.3) is 0 Å². The molecule has 2 fully saturated rings. The van der Waals surface area contributed by atoms with Gasteiger partial charge in [0.2, 0.25) is 0 Å². The highest BCUT2D eigenvalue weighted by atomic mass is 16.4. The first-order chi connectivity index (χ1) is 5.29. The SMILES string of the molecule is O=C(O)C1CCCC1C1CC1. The Morgan fingerprint density at radius 1 is 1.18 bits per heavy atom. The number of hydrogen-bond acceptors (Lipinski definition) is 1. The van der Waals surface area contributed by atoms with Gasteiger partial charge in [0.1, 0.15) is 0 Å². The highest BCUT2D eigenvalue weighted by Crippen LogP contribution is 2.47. The second-order valence-electron chi connectivity index (χ2n) is 3.88. The zero-order valence-corrected chi connectivity index (χ0v) is 6.62. The van der Waals surface area contributed by atoms with Crippen LogP contribution in [-0.2, 0) is 4.79 Å². The van der Waals surface area contributed by atoms with Gasteiger partial charge in [0.15, 0.2) is 0 Å². The molecule has 0 aromatic heterocycles. The minimum absolute atomic E-state index is 0.00231. The van der Waals surface area contributed by atoms with Crippen molar-refractivity contribution in [3.8, 4) is 0 Å².